The lowest BCUT2D eigenvalue weighted by atomic mass is 9.93. The summed E-state index contributed by atoms with van der Waals surface area (Å²) in [5.74, 6) is 0.0815. The molecule has 2 aromatic rings. The van der Waals surface area contributed by atoms with E-state index in [9.17, 15) is 5.11 Å². The zero-order valence-electron chi connectivity index (χ0n) is 9.81. The molecular formula is C15H14BrClO. The highest BCUT2D eigenvalue weighted by Crippen LogP contribution is 2.25. The monoisotopic (exact) mass is 324 g/mol. The van der Waals surface area contributed by atoms with Crippen molar-refractivity contribution in [3.8, 4) is 0 Å². The molecule has 0 saturated heterocycles. The summed E-state index contributed by atoms with van der Waals surface area (Å²) in [5, 5.41) is 10.3. The van der Waals surface area contributed by atoms with Gasteiger partial charge in [0.1, 0.15) is 0 Å². The lowest BCUT2D eigenvalue weighted by Gasteiger charge is -2.15. The Bertz CT molecular complexity index is 510. The molecule has 0 bridgehead atoms. The van der Waals surface area contributed by atoms with Gasteiger partial charge < -0.3 is 5.11 Å². The highest BCUT2D eigenvalue weighted by atomic mass is 79.9. The summed E-state index contributed by atoms with van der Waals surface area (Å²) in [4.78, 5) is 0. The molecule has 1 atom stereocenters. The quantitative estimate of drug-likeness (QED) is 0.882. The topological polar surface area (TPSA) is 20.2 Å². The fourth-order valence-corrected chi connectivity index (χ4v) is 2.43. The van der Waals surface area contributed by atoms with E-state index < -0.39 is 0 Å². The molecule has 2 rings (SSSR count). The minimum Gasteiger partial charge on any atom is -0.396 e. The molecule has 1 N–H and O–H groups in total. The molecule has 3 heteroatoms. The first-order valence-corrected chi connectivity index (χ1v) is 6.97. The molecule has 2 aromatic carbocycles. The average molecular weight is 326 g/mol. The lowest BCUT2D eigenvalue weighted by Crippen LogP contribution is -2.08. The average Bonchev–Trinajstić information content (AvgIpc) is 2.39. The van der Waals surface area contributed by atoms with Gasteiger partial charge in [-0.25, -0.2) is 0 Å². The Morgan fingerprint density at radius 3 is 2.33 bits per heavy atom. The van der Waals surface area contributed by atoms with E-state index in [0.29, 0.717) is 0 Å². The molecule has 0 saturated carbocycles. The Morgan fingerprint density at radius 2 is 1.72 bits per heavy atom. The zero-order valence-corrected chi connectivity index (χ0v) is 12.2. The van der Waals surface area contributed by atoms with Gasteiger partial charge in [-0.15, -0.1) is 0 Å². The summed E-state index contributed by atoms with van der Waals surface area (Å²) < 4.78 is 1.04. The number of benzene rings is 2. The molecule has 0 spiro atoms. The van der Waals surface area contributed by atoms with Crippen LogP contribution < -0.4 is 0 Å². The van der Waals surface area contributed by atoms with Crippen LogP contribution in [0.4, 0.5) is 0 Å². The van der Waals surface area contributed by atoms with E-state index in [1.807, 2.05) is 48.5 Å². The molecule has 1 nitrogen and oxygen atoms in total. The van der Waals surface area contributed by atoms with Gasteiger partial charge in [-0.2, -0.15) is 0 Å². The second kappa shape index (κ2) is 6.37. The van der Waals surface area contributed by atoms with Crippen molar-refractivity contribution in [2.45, 2.75) is 12.3 Å². The SMILES string of the molecule is OCC(Cc1ccccc1Cl)c1ccc(Br)cc1. The summed E-state index contributed by atoms with van der Waals surface area (Å²) in [6, 6.07) is 15.8. The molecule has 94 valence electrons. The van der Waals surface area contributed by atoms with Gasteiger partial charge in [-0.05, 0) is 35.7 Å². The molecule has 0 aliphatic heterocycles. The summed E-state index contributed by atoms with van der Waals surface area (Å²) in [6.45, 7) is 0.118. The molecular weight excluding hydrogens is 312 g/mol. The fraction of sp³-hybridized carbons (Fsp3) is 0.200. The van der Waals surface area contributed by atoms with Crippen molar-refractivity contribution in [1.82, 2.24) is 0 Å². The third kappa shape index (κ3) is 3.35. The van der Waals surface area contributed by atoms with Crippen LogP contribution in [0.5, 0.6) is 0 Å². The highest BCUT2D eigenvalue weighted by Gasteiger charge is 2.12. The smallest absolute Gasteiger partial charge is 0.0502 e. The third-order valence-electron chi connectivity index (χ3n) is 2.99. The van der Waals surface area contributed by atoms with Crippen LogP contribution in [0, 0.1) is 0 Å². The molecule has 0 amide bonds. The predicted octanol–water partition coefficient (Wildman–Crippen LogP) is 4.42. The largest absolute Gasteiger partial charge is 0.396 e. The van der Waals surface area contributed by atoms with Gasteiger partial charge in [0, 0.05) is 15.4 Å². The van der Waals surface area contributed by atoms with Crippen molar-refractivity contribution in [3.63, 3.8) is 0 Å². The van der Waals surface area contributed by atoms with Gasteiger partial charge >= 0.3 is 0 Å². The first-order valence-electron chi connectivity index (χ1n) is 5.80. The van der Waals surface area contributed by atoms with Crippen LogP contribution in [-0.4, -0.2) is 11.7 Å². The Labute approximate surface area is 121 Å². The first-order chi connectivity index (χ1) is 8.70. The van der Waals surface area contributed by atoms with Gasteiger partial charge in [-0.1, -0.05) is 57.9 Å². The van der Waals surface area contributed by atoms with Gasteiger partial charge in [-0.3, -0.25) is 0 Å². The summed E-state index contributed by atoms with van der Waals surface area (Å²) in [7, 11) is 0. The van der Waals surface area contributed by atoms with E-state index in [1.54, 1.807) is 0 Å². The van der Waals surface area contributed by atoms with E-state index in [4.69, 9.17) is 11.6 Å². The number of aliphatic hydroxyl groups excluding tert-OH is 1. The van der Waals surface area contributed by atoms with E-state index in [-0.39, 0.29) is 12.5 Å². The molecule has 0 aliphatic rings. The Morgan fingerprint density at radius 1 is 1.06 bits per heavy atom. The Kier molecular flexibility index (Phi) is 4.81. The maximum absolute atomic E-state index is 9.55. The fourth-order valence-electron chi connectivity index (χ4n) is 1.95. The van der Waals surface area contributed by atoms with Gasteiger partial charge in [0.15, 0.2) is 0 Å². The first kappa shape index (κ1) is 13.6. The van der Waals surface area contributed by atoms with Crippen molar-refractivity contribution in [2.75, 3.05) is 6.61 Å². The summed E-state index contributed by atoms with van der Waals surface area (Å²) in [5.41, 5.74) is 2.20. The number of halogens is 2. The number of hydrogen-bond acceptors (Lipinski definition) is 1. The molecule has 1 unspecified atom stereocenters. The number of aliphatic hydroxyl groups is 1. The lowest BCUT2D eigenvalue weighted by molar-refractivity contribution is 0.264. The highest BCUT2D eigenvalue weighted by molar-refractivity contribution is 9.10. The predicted molar refractivity (Wildman–Crippen MR) is 79.1 cm³/mol. The van der Waals surface area contributed by atoms with Gasteiger partial charge in [0.05, 0.1) is 6.61 Å². The van der Waals surface area contributed by atoms with Crippen LogP contribution in [0.1, 0.15) is 17.0 Å². The van der Waals surface area contributed by atoms with Crippen LogP contribution >= 0.6 is 27.5 Å². The van der Waals surface area contributed by atoms with Crippen LogP contribution in [0.15, 0.2) is 53.0 Å². The normalized spacial score (nSPS) is 12.4. The Hall–Kier alpha value is -0.830. The minimum absolute atomic E-state index is 0.0815. The zero-order chi connectivity index (χ0) is 13.0. The molecule has 0 aliphatic carbocycles. The molecule has 0 radical (unpaired) electrons. The van der Waals surface area contributed by atoms with Gasteiger partial charge in [0.25, 0.3) is 0 Å². The van der Waals surface area contributed by atoms with Crippen LogP contribution in [0.3, 0.4) is 0 Å². The second-order valence-corrected chi connectivity index (χ2v) is 5.55. The van der Waals surface area contributed by atoms with E-state index in [0.717, 1.165) is 27.0 Å². The third-order valence-corrected chi connectivity index (χ3v) is 3.88. The van der Waals surface area contributed by atoms with Crippen molar-refractivity contribution < 1.29 is 5.11 Å². The summed E-state index contributed by atoms with van der Waals surface area (Å²) >= 11 is 9.56. The standard InChI is InChI=1S/C15H14BrClO/c16-14-7-5-11(6-8-14)13(10-18)9-12-3-1-2-4-15(12)17/h1-8,13,18H,9-10H2. The van der Waals surface area contributed by atoms with Crippen LogP contribution in [0.25, 0.3) is 0 Å². The van der Waals surface area contributed by atoms with Crippen LogP contribution in [-0.2, 0) is 6.42 Å². The Balaban J connectivity index is 2.20. The second-order valence-electron chi connectivity index (χ2n) is 4.23. The van der Waals surface area contributed by atoms with Crippen molar-refractivity contribution in [2.24, 2.45) is 0 Å². The minimum atomic E-state index is 0.0815. The number of rotatable bonds is 4. The molecule has 0 aromatic heterocycles. The van der Waals surface area contributed by atoms with Crippen LogP contribution in [0.2, 0.25) is 5.02 Å². The van der Waals surface area contributed by atoms with Crippen molar-refractivity contribution >= 4 is 27.5 Å². The van der Waals surface area contributed by atoms with E-state index >= 15 is 0 Å². The summed E-state index contributed by atoms with van der Waals surface area (Å²) in [6.07, 6.45) is 0.748. The number of hydrogen-bond donors (Lipinski definition) is 1. The van der Waals surface area contributed by atoms with Gasteiger partial charge in [0.2, 0.25) is 0 Å². The maximum atomic E-state index is 9.55. The van der Waals surface area contributed by atoms with Crippen molar-refractivity contribution in [1.29, 1.82) is 0 Å². The molecule has 0 heterocycles. The maximum Gasteiger partial charge on any atom is 0.0502 e. The molecule has 18 heavy (non-hydrogen) atoms. The van der Waals surface area contributed by atoms with Crippen molar-refractivity contribution in [3.05, 3.63) is 69.2 Å². The van der Waals surface area contributed by atoms with E-state index in [1.165, 1.54) is 0 Å². The molecule has 0 fully saturated rings. The van der Waals surface area contributed by atoms with E-state index in [2.05, 4.69) is 15.9 Å².